The van der Waals surface area contributed by atoms with Gasteiger partial charge in [-0.2, -0.15) is 0 Å². The summed E-state index contributed by atoms with van der Waals surface area (Å²) >= 11 is 0. The summed E-state index contributed by atoms with van der Waals surface area (Å²) in [7, 11) is 0. The predicted octanol–water partition coefficient (Wildman–Crippen LogP) is 4.31. The second kappa shape index (κ2) is 6.79. The fourth-order valence-electron chi connectivity index (χ4n) is 3.15. The number of allylic oxidation sites excluding steroid dienone is 2. The lowest BCUT2D eigenvalue weighted by Gasteiger charge is -2.14. The minimum absolute atomic E-state index is 0.628. The first-order chi connectivity index (χ1) is 10.4. The summed E-state index contributed by atoms with van der Waals surface area (Å²) in [6.45, 7) is 2.19. The molecular formula is C18H25N3. The summed E-state index contributed by atoms with van der Waals surface area (Å²) in [5.74, 6) is 0. The molecule has 0 bridgehead atoms. The third-order valence-corrected chi connectivity index (χ3v) is 4.45. The zero-order chi connectivity index (χ0) is 14.5. The Morgan fingerprint density at radius 1 is 1.29 bits per heavy atom. The van der Waals surface area contributed by atoms with Gasteiger partial charge >= 0.3 is 0 Å². The predicted molar refractivity (Wildman–Crippen MR) is 88.4 cm³/mol. The molecule has 1 fully saturated rings. The number of hydrogen-bond acceptors (Lipinski definition) is 2. The van der Waals surface area contributed by atoms with Crippen LogP contribution in [0.3, 0.4) is 0 Å². The highest BCUT2D eigenvalue weighted by atomic mass is 14.9. The van der Waals surface area contributed by atoms with Gasteiger partial charge in [-0.05, 0) is 43.0 Å². The molecule has 2 heterocycles. The van der Waals surface area contributed by atoms with Crippen molar-refractivity contribution >= 4 is 5.71 Å². The van der Waals surface area contributed by atoms with Gasteiger partial charge < -0.3 is 10.3 Å². The van der Waals surface area contributed by atoms with E-state index in [9.17, 15) is 0 Å². The monoisotopic (exact) mass is 283 g/mol. The standard InChI is InChI=1S/C18H25N3/c1-2-14-12-17(16-10-7-11-19-16)21-18(14)13-20-15-8-5-3-4-6-9-15/h7,10-13,15,19-20H,2-6,8-9H2,1H3/b18-13+. The summed E-state index contributed by atoms with van der Waals surface area (Å²) in [6, 6.07) is 4.72. The van der Waals surface area contributed by atoms with E-state index < -0.39 is 0 Å². The molecular weight excluding hydrogens is 258 g/mol. The van der Waals surface area contributed by atoms with Crippen molar-refractivity contribution in [1.29, 1.82) is 0 Å². The lowest BCUT2D eigenvalue weighted by atomic mass is 10.1. The quantitative estimate of drug-likeness (QED) is 0.794. The van der Waals surface area contributed by atoms with Crippen molar-refractivity contribution in [3.05, 3.63) is 47.6 Å². The van der Waals surface area contributed by atoms with Crippen LogP contribution in [0.15, 0.2) is 46.9 Å². The molecule has 112 valence electrons. The van der Waals surface area contributed by atoms with Gasteiger partial charge in [-0.15, -0.1) is 0 Å². The van der Waals surface area contributed by atoms with Crippen molar-refractivity contribution in [3.63, 3.8) is 0 Å². The van der Waals surface area contributed by atoms with E-state index in [0.29, 0.717) is 6.04 Å². The molecule has 0 amide bonds. The molecule has 1 aromatic rings. The number of rotatable bonds is 4. The van der Waals surface area contributed by atoms with E-state index in [1.807, 2.05) is 12.3 Å². The summed E-state index contributed by atoms with van der Waals surface area (Å²) < 4.78 is 0. The molecule has 21 heavy (non-hydrogen) atoms. The Morgan fingerprint density at radius 3 is 2.76 bits per heavy atom. The summed E-state index contributed by atoms with van der Waals surface area (Å²) in [4.78, 5) is 8.02. The molecule has 1 aliphatic heterocycles. The zero-order valence-corrected chi connectivity index (χ0v) is 12.9. The Kier molecular flexibility index (Phi) is 4.59. The Balaban J connectivity index is 1.71. The molecule has 1 saturated carbocycles. The van der Waals surface area contributed by atoms with Crippen LogP contribution < -0.4 is 5.32 Å². The second-order valence-corrected chi connectivity index (χ2v) is 5.99. The second-order valence-electron chi connectivity index (χ2n) is 5.99. The van der Waals surface area contributed by atoms with E-state index in [4.69, 9.17) is 4.99 Å². The number of aromatic amines is 1. The molecule has 0 aromatic carbocycles. The van der Waals surface area contributed by atoms with Crippen LogP contribution in [0.4, 0.5) is 0 Å². The molecule has 3 rings (SSSR count). The highest BCUT2D eigenvalue weighted by Gasteiger charge is 2.16. The number of H-pyrrole nitrogens is 1. The molecule has 3 nitrogen and oxygen atoms in total. The fraction of sp³-hybridized carbons (Fsp3) is 0.500. The highest BCUT2D eigenvalue weighted by Crippen LogP contribution is 2.24. The maximum atomic E-state index is 4.78. The van der Waals surface area contributed by atoms with E-state index in [2.05, 4.69) is 35.6 Å². The molecule has 0 saturated heterocycles. The minimum Gasteiger partial charge on any atom is -0.386 e. The van der Waals surface area contributed by atoms with Crippen LogP contribution in [0.25, 0.3) is 0 Å². The van der Waals surface area contributed by atoms with Gasteiger partial charge in [0.15, 0.2) is 0 Å². The van der Waals surface area contributed by atoms with Gasteiger partial charge in [-0.1, -0.05) is 32.6 Å². The molecule has 2 N–H and O–H groups in total. The van der Waals surface area contributed by atoms with Crippen LogP contribution in [0.5, 0.6) is 0 Å². The van der Waals surface area contributed by atoms with Crippen molar-refractivity contribution in [2.24, 2.45) is 4.99 Å². The average Bonchev–Trinajstić information content (AvgIpc) is 3.09. The molecule has 0 unspecified atom stereocenters. The van der Waals surface area contributed by atoms with E-state index in [1.54, 1.807) is 0 Å². The van der Waals surface area contributed by atoms with Gasteiger partial charge in [0.25, 0.3) is 0 Å². The normalized spacial score (nSPS) is 22.0. The van der Waals surface area contributed by atoms with Crippen molar-refractivity contribution in [1.82, 2.24) is 10.3 Å². The molecule has 3 heteroatoms. The Hall–Kier alpha value is -1.77. The minimum atomic E-state index is 0.628. The molecule has 0 spiro atoms. The first-order valence-corrected chi connectivity index (χ1v) is 8.26. The largest absolute Gasteiger partial charge is 0.386 e. The van der Waals surface area contributed by atoms with E-state index in [1.165, 1.54) is 44.1 Å². The lowest BCUT2D eigenvalue weighted by Crippen LogP contribution is -2.23. The van der Waals surface area contributed by atoms with Crippen LogP contribution in [0.2, 0.25) is 0 Å². The van der Waals surface area contributed by atoms with Crippen LogP contribution in [0, 0.1) is 0 Å². The molecule has 0 atom stereocenters. The number of nitrogens with one attached hydrogen (secondary N) is 2. The van der Waals surface area contributed by atoms with Crippen molar-refractivity contribution in [2.45, 2.75) is 57.9 Å². The smallest absolute Gasteiger partial charge is 0.0875 e. The highest BCUT2D eigenvalue weighted by molar-refractivity contribution is 6.10. The van der Waals surface area contributed by atoms with Crippen LogP contribution in [-0.2, 0) is 0 Å². The first-order valence-electron chi connectivity index (χ1n) is 8.26. The Morgan fingerprint density at radius 2 is 2.10 bits per heavy atom. The summed E-state index contributed by atoms with van der Waals surface area (Å²) in [5.41, 5.74) is 4.57. The van der Waals surface area contributed by atoms with Gasteiger partial charge in [0, 0.05) is 18.4 Å². The van der Waals surface area contributed by atoms with Gasteiger partial charge in [0.1, 0.15) is 0 Å². The number of aliphatic imine (C=N–C) groups is 1. The van der Waals surface area contributed by atoms with Crippen molar-refractivity contribution in [2.75, 3.05) is 0 Å². The summed E-state index contributed by atoms with van der Waals surface area (Å²) in [5, 5.41) is 3.61. The van der Waals surface area contributed by atoms with Gasteiger partial charge in [0.05, 0.1) is 17.1 Å². The van der Waals surface area contributed by atoms with E-state index in [0.717, 1.165) is 23.5 Å². The number of nitrogens with zero attached hydrogens (tertiary/aromatic N) is 1. The topological polar surface area (TPSA) is 40.2 Å². The maximum Gasteiger partial charge on any atom is 0.0875 e. The molecule has 1 aliphatic carbocycles. The van der Waals surface area contributed by atoms with Crippen molar-refractivity contribution < 1.29 is 0 Å². The maximum absolute atomic E-state index is 4.78. The first kappa shape index (κ1) is 14.2. The van der Waals surface area contributed by atoms with Crippen LogP contribution >= 0.6 is 0 Å². The molecule has 1 aromatic heterocycles. The lowest BCUT2D eigenvalue weighted by molar-refractivity contribution is 0.515. The zero-order valence-electron chi connectivity index (χ0n) is 12.9. The van der Waals surface area contributed by atoms with E-state index >= 15 is 0 Å². The number of aromatic nitrogens is 1. The third kappa shape index (κ3) is 3.46. The van der Waals surface area contributed by atoms with Crippen LogP contribution in [0.1, 0.15) is 57.6 Å². The number of hydrogen-bond donors (Lipinski definition) is 2. The van der Waals surface area contributed by atoms with Gasteiger partial charge in [-0.25, -0.2) is 4.99 Å². The van der Waals surface area contributed by atoms with E-state index in [-0.39, 0.29) is 0 Å². The van der Waals surface area contributed by atoms with Crippen molar-refractivity contribution in [3.8, 4) is 0 Å². The fourth-order valence-corrected chi connectivity index (χ4v) is 3.15. The average molecular weight is 283 g/mol. The third-order valence-electron chi connectivity index (χ3n) is 4.45. The summed E-state index contributed by atoms with van der Waals surface area (Å²) in [6.07, 6.45) is 15.4. The molecule has 2 aliphatic rings. The van der Waals surface area contributed by atoms with Gasteiger partial charge in [-0.3, -0.25) is 0 Å². The molecule has 0 radical (unpaired) electrons. The van der Waals surface area contributed by atoms with Gasteiger partial charge in [0.2, 0.25) is 0 Å². The Labute approximate surface area is 127 Å². The Bertz CT molecular complexity index is 541. The SMILES string of the molecule is CCC1=CC(c2ccc[nH]2)=N/C1=C/NC1CCCCCC1. The van der Waals surface area contributed by atoms with Crippen LogP contribution in [-0.4, -0.2) is 16.7 Å².